The SMILES string of the molecule is COc1ccc2c(c1)C(CCCN1CCN(c3ccccc3OC)CC1)=CCC2. The predicted molar refractivity (Wildman–Crippen MR) is 120 cm³/mol. The number of piperazine rings is 1. The lowest BCUT2D eigenvalue weighted by molar-refractivity contribution is 0.255. The number of aryl methyl sites for hydroxylation is 1. The molecule has 0 bridgehead atoms. The number of para-hydroxylation sites is 2. The van der Waals surface area contributed by atoms with E-state index in [2.05, 4.69) is 46.2 Å². The lowest BCUT2D eigenvalue weighted by atomic mass is 9.88. The molecule has 0 saturated carbocycles. The van der Waals surface area contributed by atoms with Crippen LogP contribution in [0.3, 0.4) is 0 Å². The molecule has 0 radical (unpaired) electrons. The third-order valence-electron chi connectivity index (χ3n) is 6.19. The Morgan fingerprint density at radius 3 is 2.55 bits per heavy atom. The highest BCUT2D eigenvalue weighted by Gasteiger charge is 2.20. The molecule has 1 fully saturated rings. The monoisotopic (exact) mass is 392 g/mol. The lowest BCUT2D eigenvalue weighted by Gasteiger charge is -2.36. The Balaban J connectivity index is 1.28. The summed E-state index contributed by atoms with van der Waals surface area (Å²) in [7, 11) is 3.50. The topological polar surface area (TPSA) is 24.9 Å². The molecule has 0 amide bonds. The van der Waals surface area contributed by atoms with Crippen LogP contribution in [0.4, 0.5) is 5.69 Å². The number of ether oxygens (including phenoxy) is 2. The van der Waals surface area contributed by atoms with Crippen LogP contribution in [0.15, 0.2) is 48.5 Å². The number of benzene rings is 2. The molecule has 2 aromatic carbocycles. The molecule has 4 nitrogen and oxygen atoms in total. The Kier molecular flexibility index (Phi) is 6.40. The molecule has 4 rings (SSSR count). The molecule has 1 aliphatic carbocycles. The summed E-state index contributed by atoms with van der Waals surface area (Å²) >= 11 is 0. The van der Waals surface area contributed by atoms with Crippen molar-refractivity contribution in [2.24, 2.45) is 0 Å². The molecular weight excluding hydrogens is 360 g/mol. The van der Waals surface area contributed by atoms with Gasteiger partial charge in [0.1, 0.15) is 11.5 Å². The first-order chi connectivity index (χ1) is 14.3. The van der Waals surface area contributed by atoms with E-state index in [9.17, 15) is 0 Å². The molecule has 4 heteroatoms. The van der Waals surface area contributed by atoms with Gasteiger partial charge in [0, 0.05) is 26.2 Å². The summed E-state index contributed by atoms with van der Waals surface area (Å²) < 4.78 is 11.0. The molecule has 0 aromatic heterocycles. The second kappa shape index (κ2) is 9.36. The molecule has 29 heavy (non-hydrogen) atoms. The minimum Gasteiger partial charge on any atom is -0.497 e. The summed E-state index contributed by atoms with van der Waals surface area (Å²) in [4.78, 5) is 5.04. The van der Waals surface area contributed by atoms with Crippen molar-refractivity contribution in [3.05, 3.63) is 59.7 Å². The molecule has 0 atom stereocenters. The smallest absolute Gasteiger partial charge is 0.142 e. The van der Waals surface area contributed by atoms with E-state index in [1.807, 2.05) is 12.1 Å². The normalized spacial score (nSPS) is 16.9. The molecule has 2 aromatic rings. The molecule has 154 valence electrons. The van der Waals surface area contributed by atoms with E-state index in [4.69, 9.17) is 9.47 Å². The van der Waals surface area contributed by atoms with Gasteiger partial charge < -0.3 is 14.4 Å². The summed E-state index contributed by atoms with van der Waals surface area (Å²) in [5, 5.41) is 0. The van der Waals surface area contributed by atoms with Crippen LogP contribution in [0.1, 0.15) is 30.4 Å². The van der Waals surface area contributed by atoms with Crippen molar-refractivity contribution in [1.29, 1.82) is 0 Å². The summed E-state index contributed by atoms with van der Waals surface area (Å²) in [5.74, 6) is 1.93. The fourth-order valence-corrected chi connectivity index (χ4v) is 4.54. The number of fused-ring (bicyclic) bond motifs is 1. The van der Waals surface area contributed by atoms with Gasteiger partial charge in [0.05, 0.1) is 19.9 Å². The zero-order valence-corrected chi connectivity index (χ0v) is 17.7. The molecule has 2 aliphatic rings. The third-order valence-corrected chi connectivity index (χ3v) is 6.19. The van der Waals surface area contributed by atoms with Crippen molar-refractivity contribution in [1.82, 2.24) is 4.90 Å². The summed E-state index contributed by atoms with van der Waals surface area (Å²) in [6.07, 6.45) is 7.09. The lowest BCUT2D eigenvalue weighted by Crippen LogP contribution is -2.46. The molecule has 0 N–H and O–H groups in total. The fraction of sp³-hybridized carbons (Fsp3) is 0.440. The minimum absolute atomic E-state index is 0.962. The van der Waals surface area contributed by atoms with E-state index in [0.29, 0.717) is 0 Å². The van der Waals surface area contributed by atoms with Gasteiger partial charge in [-0.05, 0) is 73.2 Å². The van der Waals surface area contributed by atoms with Gasteiger partial charge in [-0.3, -0.25) is 4.90 Å². The Morgan fingerprint density at radius 2 is 1.76 bits per heavy atom. The van der Waals surface area contributed by atoms with E-state index in [1.54, 1.807) is 14.2 Å². The first kappa shape index (κ1) is 19.8. The molecule has 1 heterocycles. The second-order valence-corrected chi connectivity index (χ2v) is 7.90. The maximum Gasteiger partial charge on any atom is 0.142 e. The molecule has 1 aliphatic heterocycles. The van der Waals surface area contributed by atoms with Crippen LogP contribution < -0.4 is 14.4 Å². The fourth-order valence-electron chi connectivity index (χ4n) is 4.54. The largest absolute Gasteiger partial charge is 0.497 e. The van der Waals surface area contributed by atoms with E-state index < -0.39 is 0 Å². The van der Waals surface area contributed by atoms with Gasteiger partial charge in [0.25, 0.3) is 0 Å². The van der Waals surface area contributed by atoms with Crippen LogP contribution in [-0.4, -0.2) is 51.8 Å². The van der Waals surface area contributed by atoms with E-state index in [1.165, 1.54) is 28.8 Å². The molecular formula is C25H32N2O2. The average Bonchev–Trinajstić information content (AvgIpc) is 2.79. The van der Waals surface area contributed by atoms with Crippen molar-refractivity contribution >= 4 is 11.3 Å². The Bertz CT molecular complexity index is 854. The van der Waals surface area contributed by atoms with Gasteiger partial charge in [-0.25, -0.2) is 0 Å². The first-order valence-electron chi connectivity index (χ1n) is 10.7. The predicted octanol–water partition coefficient (Wildman–Crippen LogP) is 4.64. The van der Waals surface area contributed by atoms with Crippen molar-refractivity contribution in [2.45, 2.75) is 25.7 Å². The number of rotatable bonds is 7. The number of nitrogens with zero attached hydrogens (tertiary/aromatic N) is 2. The average molecular weight is 393 g/mol. The highest BCUT2D eigenvalue weighted by molar-refractivity contribution is 5.71. The highest BCUT2D eigenvalue weighted by atomic mass is 16.5. The van der Waals surface area contributed by atoms with Gasteiger partial charge in [0.2, 0.25) is 0 Å². The number of allylic oxidation sites excluding steroid dienone is 2. The summed E-state index contributed by atoms with van der Waals surface area (Å²) in [5.41, 5.74) is 5.58. The van der Waals surface area contributed by atoms with Crippen molar-refractivity contribution in [2.75, 3.05) is 51.8 Å². The van der Waals surface area contributed by atoms with Crippen molar-refractivity contribution in [3.63, 3.8) is 0 Å². The third kappa shape index (κ3) is 4.59. The highest BCUT2D eigenvalue weighted by Crippen LogP contribution is 2.33. The van der Waals surface area contributed by atoms with Crippen LogP contribution in [0, 0.1) is 0 Å². The quantitative estimate of drug-likeness (QED) is 0.686. The summed E-state index contributed by atoms with van der Waals surface area (Å²) in [6, 6.07) is 14.9. The Hall–Kier alpha value is -2.46. The standard InChI is InChI=1S/C25H32N2O2/c1-28-22-13-12-21-8-5-7-20(23(21)19-22)9-6-14-26-15-17-27(18-16-26)24-10-3-4-11-25(24)29-2/h3-4,7,10-13,19H,5-6,8-9,14-18H2,1-2H3. The molecule has 0 spiro atoms. The van der Waals surface area contributed by atoms with Crippen LogP contribution in [0.25, 0.3) is 5.57 Å². The van der Waals surface area contributed by atoms with Gasteiger partial charge in [-0.15, -0.1) is 0 Å². The summed E-state index contributed by atoms with van der Waals surface area (Å²) in [6.45, 7) is 5.51. The number of hydrogen-bond donors (Lipinski definition) is 0. The van der Waals surface area contributed by atoms with E-state index in [-0.39, 0.29) is 0 Å². The number of anilines is 1. The minimum atomic E-state index is 0.962. The van der Waals surface area contributed by atoms with Crippen molar-refractivity contribution in [3.8, 4) is 11.5 Å². The zero-order valence-electron chi connectivity index (χ0n) is 17.7. The van der Waals surface area contributed by atoms with Gasteiger partial charge in [0.15, 0.2) is 0 Å². The van der Waals surface area contributed by atoms with Crippen LogP contribution >= 0.6 is 0 Å². The number of hydrogen-bond acceptors (Lipinski definition) is 4. The van der Waals surface area contributed by atoms with Gasteiger partial charge in [-0.2, -0.15) is 0 Å². The molecule has 1 saturated heterocycles. The van der Waals surface area contributed by atoms with Gasteiger partial charge >= 0.3 is 0 Å². The van der Waals surface area contributed by atoms with Crippen LogP contribution in [0.2, 0.25) is 0 Å². The maximum absolute atomic E-state index is 5.53. The van der Waals surface area contributed by atoms with Crippen molar-refractivity contribution < 1.29 is 9.47 Å². The van der Waals surface area contributed by atoms with Crippen LogP contribution in [-0.2, 0) is 6.42 Å². The zero-order chi connectivity index (χ0) is 20.1. The maximum atomic E-state index is 5.53. The molecule has 0 unspecified atom stereocenters. The van der Waals surface area contributed by atoms with E-state index in [0.717, 1.165) is 63.5 Å². The Labute approximate surface area is 174 Å². The van der Waals surface area contributed by atoms with Crippen LogP contribution in [0.5, 0.6) is 11.5 Å². The van der Waals surface area contributed by atoms with Gasteiger partial charge in [-0.1, -0.05) is 24.3 Å². The van der Waals surface area contributed by atoms with E-state index >= 15 is 0 Å². The second-order valence-electron chi connectivity index (χ2n) is 7.90. The number of methoxy groups -OCH3 is 2. The first-order valence-corrected chi connectivity index (χ1v) is 10.7. The Morgan fingerprint density at radius 1 is 0.931 bits per heavy atom.